The average molecular weight is 251 g/mol. The topological polar surface area (TPSA) is 58.4 Å². The predicted molar refractivity (Wildman–Crippen MR) is 67.4 cm³/mol. The number of hydrogen-bond donors (Lipinski definition) is 2. The summed E-state index contributed by atoms with van der Waals surface area (Å²) in [6.45, 7) is 2.43. The van der Waals surface area contributed by atoms with Gasteiger partial charge in [-0.2, -0.15) is 0 Å². The van der Waals surface area contributed by atoms with Crippen LogP contribution < -0.4 is 11.1 Å². The fourth-order valence-electron chi connectivity index (χ4n) is 2.31. The van der Waals surface area contributed by atoms with E-state index in [1.54, 1.807) is 6.07 Å². The van der Waals surface area contributed by atoms with E-state index < -0.39 is 0 Å². The molecule has 1 aromatic rings. The van der Waals surface area contributed by atoms with Crippen molar-refractivity contribution in [2.24, 2.45) is 5.73 Å². The number of nitrogens with two attached hydrogens (primary N) is 1. The monoisotopic (exact) mass is 251 g/mol. The number of nitrogens with zero attached hydrogens (tertiary/aromatic N) is 1. The lowest BCUT2D eigenvalue weighted by atomic mass is 10.0. The first-order chi connectivity index (χ1) is 8.70. The van der Waals surface area contributed by atoms with Crippen LogP contribution in [0.1, 0.15) is 18.0 Å². The van der Waals surface area contributed by atoms with Gasteiger partial charge in [0.2, 0.25) is 5.91 Å². The van der Waals surface area contributed by atoms with Crippen LogP contribution in [0.3, 0.4) is 0 Å². The summed E-state index contributed by atoms with van der Waals surface area (Å²) in [5.41, 5.74) is 6.67. The van der Waals surface area contributed by atoms with Gasteiger partial charge in [0, 0.05) is 38.6 Å². The molecular formula is C13H18FN3O. The van der Waals surface area contributed by atoms with Crippen LogP contribution >= 0.6 is 0 Å². The first-order valence-electron chi connectivity index (χ1n) is 6.17. The summed E-state index contributed by atoms with van der Waals surface area (Å²) in [5, 5.41) is 2.82. The molecule has 1 aromatic carbocycles. The summed E-state index contributed by atoms with van der Waals surface area (Å²) in [5.74, 6) is -0.192. The fraction of sp³-hybridized carbons (Fsp3) is 0.462. The van der Waals surface area contributed by atoms with Gasteiger partial charge in [-0.3, -0.25) is 9.69 Å². The maximum absolute atomic E-state index is 13.2. The van der Waals surface area contributed by atoms with Gasteiger partial charge in [-0.15, -0.1) is 0 Å². The van der Waals surface area contributed by atoms with E-state index in [9.17, 15) is 9.18 Å². The maximum Gasteiger partial charge on any atom is 0.221 e. The molecule has 98 valence electrons. The Bertz CT molecular complexity index is 424. The van der Waals surface area contributed by atoms with Gasteiger partial charge in [-0.1, -0.05) is 12.1 Å². The van der Waals surface area contributed by atoms with E-state index in [-0.39, 0.29) is 17.8 Å². The van der Waals surface area contributed by atoms with Crippen LogP contribution in [0.25, 0.3) is 0 Å². The highest BCUT2D eigenvalue weighted by Gasteiger charge is 2.22. The van der Waals surface area contributed by atoms with Crippen LogP contribution in [-0.4, -0.2) is 37.0 Å². The largest absolute Gasteiger partial charge is 0.355 e. The normalized spacial score (nSPS) is 19.1. The zero-order valence-corrected chi connectivity index (χ0v) is 10.2. The number of amides is 1. The van der Waals surface area contributed by atoms with E-state index in [0.717, 1.165) is 12.1 Å². The van der Waals surface area contributed by atoms with Crippen molar-refractivity contribution in [3.8, 4) is 0 Å². The van der Waals surface area contributed by atoms with Crippen molar-refractivity contribution in [2.75, 3.05) is 26.2 Å². The van der Waals surface area contributed by atoms with E-state index in [4.69, 9.17) is 5.73 Å². The van der Waals surface area contributed by atoms with Gasteiger partial charge in [-0.25, -0.2) is 4.39 Å². The van der Waals surface area contributed by atoms with Crippen LogP contribution in [0.15, 0.2) is 24.3 Å². The SMILES string of the molecule is NCC(c1cccc(F)c1)N1CCNC(=O)CC1. The molecule has 0 radical (unpaired) electrons. The Kier molecular flexibility index (Phi) is 4.28. The lowest BCUT2D eigenvalue weighted by Crippen LogP contribution is -2.36. The van der Waals surface area contributed by atoms with E-state index in [2.05, 4.69) is 10.2 Å². The number of benzene rings is 1. The molecule has 1 saturated heterocycles. The molecule has 0 aliphatic carbocycles. The highest BCUT2D eigenvalue weighted by Crippen LogP contribution is 2.21. The Labute approximate surface area is 106 Å². The molecule has 1 aliphatic rings. The average Bonchev–Trinajstić information content (AvgIpc) is 2.56. The van der Waals surface area contributed by atoms with Gasteiger partial charge in [0.1, 0.15) is 5.82 Å². The molecule has 0 bridgehead atoms. The highest BCUT2D eigenvalue weighted by atomic mass is 19.1. The molecule has 1 unspecified atom stereocenters. The van der Waals surface area contributed by atoms with Gasteiger partial charge in [0.25, 0.3) is 0 Å². The second-order valence-corrected chi connectivity index (χ2v) is 4.44. The van der Waals surface area contributed by atoms with Gasteiger partial charge >= 0.3 is 0 Å². The molecule has 1 atom stereocenters. The molecule has 0 aromatic heterocycles. The van der Waals surface area contributed by atoms with Gasteiger partial charge in [0.05, 0.1) is 0 Å². The van der Waals surface area contributed by atoms with Crippen molar-refractivity contribution in [3.05, 3.63) is 35.6 Å². The summed E-state index contributed by atoms with van der Waals surface area (Å²) in [6, 6.07) is 6.46. The summed E-state index contributed by atoms with van der Waals surface area (Å²) in [4.78, 5) is 13.4. The van der Waals surface area contributed by atoms with Crippen LogP contribution in [0.4, 0.5) is 4.39 Å². The minimum Gasteiger partial charge on any atom is -0.355 e. The van der Waals surface area contributed by atoms with Crippen molar-refractivity contribution in [1.82, 2.24) is 10.2 Å². The second-order valence-electron chi connectivity index (χ2n) is 4.44. The quantitative estimate of drug-likeness (QED) is 0.829. The van der Waals surface area contributed by atoms with Crippen molar-refractivity contribution in [2.45, 2.75) is 12.5 Å². The van der Waals surface area contributed by atoms with E-state index in [0.29, 0.717) is 26.1 Å². The summed E-state index contributed by atoms with van der Waals surface area (Å²) >= 11 is 0. The number of halogens is 1. The highest BCUT2D eigenvalue weighted by molar-refractivity contribution is 5.76. The summed E-state index contributed by atoms with van der Waals surface area (Å²) in [7, 11) is 0. The molecular weight excluding hydrogens is 233 g/mol. The third kappa shape index (κ3) is 3.05. The third-order valence-electron chi connectivity index (χ3n) is 3.24. The van der Waals surface area contributed by atoms with Crippen LogP contribution in [0.5, 0.6) is 0 Å². The Morgan fingerprint density at radius 3 is 3.00 bits per heavy atom. The van der Waals surface area contributed by atoms with Crippen molar-refractivity contribution in [1.29, 1.82) is 0 Å². The summed E-state index contributed by atoms with van der Waals surface area (Å²) < 4.78 is 13.2. The zero-order valence-electron chi connectivity index (χ0n) is 10.2. The molecule has 1 amide bonds. The van der Waals surface area contributed by atoms with Gasteiger partial charge in [0.15, 0.2) is 0 Å². The third-order valence-corrected chi connectivity index (χ3v) is 3.24. The number of carbonyl (C=O) groups is 1. The van der Waals surface area contributed by atoms with Crippen molar-refractivity contribution in [3.63, 3.8) is 0 Å². The predicted octanol–water partition coefficient (Wildman–Crippen LogP) is 0.647. The second kappa shape index (κ2) is 5.93. The molecule has 5 heteroatoms. The number of nitrogens with one attached hydrogen (secondary N) is 1. The first kappa shape index (κ1) is 13.0. The summed E-state index contributed by atoms with van der Waals surface area (Å²) in [6.07, 6.45) is 0.464. The smallest absolute Gasteiger partial charge is 0.221 e. The fourth-order valence-corrected chi connectivity index (χ4v) is 2.31. The van der Waals surface area contributed by atoms with Crippen LogP contribution in [-0.2, 0) is 4.79 Å². The minimum absolute atomic E-state index is 0.0339. The Morgan fingerprint density at radius 1 is 1.44 bits per heavy atom. The standard InChI is InChI=1S/C13H18FN3O/c14-11-3-1-2-10(8-11)12(9-15)17-6-4-13(18)16-5-7-17/h1-3,8,12H,4-7,9,15H2,(H,16,18). The Morgan fingerprint density at radius 2 is 2.28 bits per heavy atom. The lowest BCUT2D eigenvalue weighted by Gasteiger charge is -2.29. The number of carbonyl (C=O) groups excluding carboxylic acids is 1. The Hall–Kier alpha value is -1.46. The molecule has 1 fully saturated rings. The maximum atomic E-state index is 13.2. The lowest BCUT2D eigenvalue weighted by molar-refractivity contribution is -0.120. The van der Waals surface area contributed by atoms with Gasteiger partial charge in [-0.05, 0) is 17.7 Å². The zero-order chi connectivity index (χ0) is 13.0. The number of hydrogen-bond acceptors (Lipinski definition) is 3. The minimum atomic E-state index is -0.255. The molecule has 3 N–H and O–H groups in total. The van der Waals surface area contributed by atoms with Crippen molar-refractivity contribution >= 4 is 5.91 Å². The van der Waals surface area contributed by atoms with E-state index in [1.165, 1.54) is 12.1 Å². The van der Waals surface area contributed by atoms with E-state index >= 15 is 0 Å². The molecule has 2 rings (SSSR count). The Balaban J connectivity index is 2.14. The van der Waals surface area contributed by atoms with Crippen LogP contribution in [0.2, 0.25) is 0 Å². The molecule has 0 saturated carbocycles. The first-order valence-corrected chi connectivity index (χ1v) is 6.17. The van der Waals surface area contributed by atoms with Crippen molar-refractivity contribution < 1.29 is 9.18 Å². The molecule has 18 heavy (non-hydrogen) atoms. The molecule has 0 spiro atoms. The van der Waals surface area contributed by atoms with E-state index in [1.807, 2.05) is 6.07 Å². The molecule has 1 aliphatic heterocycles. The number of rotatable bonds is 3. The molecule has 4 nitrogen and oxygen atoms in total. The van der Waals surface area contributed by atoms with Gasteiger partial charge < -0.3 is 11.1 Å². The molecule has 1 heterocycles. The van der Waals surface area contributed by atoms with Crippen LogP contribution in [0, 0.1) is 5.82 Å².